The van der Waals surface area contributed by atoms with Crippen molar-refractivity contribution in [3.8, 4) is 0 Å². The van der Waals surface area contributed by atoms with Crippen molar-refractivity contribution in [2.75, 3.05) is 19.0 Å². The molecule has 0 spiro atoms. The van der Waals surface area contributed by atoms with Gasteiger partial charge < -0.3 is 15.2 Å². The number of ether oxygens (including phenoxy) is 1. The van der Waals surface area contributed by atoms with E-state index >= 15 is 0 Å². The SMILES string of the molecule is COC(=O)C(Nc1ccccc1Br)c1cn(CCO)nn1. The van der Waals surface area contributed by atoms with Crippen molar-refractivity contribution < 1.29 is 14.6 Å². The number of nitrogens with zero attached hydrogens (tertiary/aromatic N) is 3. The Morgan fingerprint density at radius 3 is 2.95 bits per heavy atom. The summed E-state index contributed by atoms with van der Waals surface area (Å²) < 4.78 is 7.09. The summed E-state index contributed by atoms with van der Waals surface area (Å²) in [4.78, 5) is 12.0. The molecule has 1 aromatic heterocycles. The summed E-state index contributed by atoms with van der Waals surface area (Å²) in [6.45, 7) is 0.263. The van der Waals surface area contributed by atoms with Gasteiger partial charge >= 0.3 is 5.97 Å². The number of para-hydroxylation sites is 1. The van der Waals surface area contributed by atoms with Gasteiger partial charge in [0.05, 0.1) is 26.5 Å². The Morgan fingerprint density at radius 1 is 1.52 bits per heavy atom. The average Bonchev–Trinajstić information content (AvgIpc) is 2.94. The van der Waals surface area contributed by atoms with E-state index in [-0.39, 0.29) is 6.61 Å². The Kier molecular flexibility index (Phi) is 5.29. The van der Waals surface area contributed by atoms with E-state index in [9.17, 15) is 4.79 Å². The zero-order valence-electron chi connectivity index (χ0n) is 11.4. The number of benzene rings is 1. The summed E-state index contributed by atoms with van der Waals surface area (Å²) in [6, 6.07) is 6.64. The van der Waals surface area contributed by atoms with E-state index < -0.39 is 12.0 Å². The number of methoxy groups -OCH3 is 1. The number of hydrogen-bond donors (Lipinski definition) is 2. The minimum atomic E-state index is -0.777. The molecule has 0 saturated carbocycles. The number of carbonyl (C=O) groups excluding carboxylic acids is 1. The number of esters is 1. The summed E-state index contributed by atoms with van der Waals surface area (Å²) in [6.07, 6.45) is 1.60. The fraction of sp³-hybridized carbons (Fsp3) is 0.308. The van der Waals surface area contributed by atoms with Gasteiger partial charge in [-0.1, -0.05) is 17.3 Å². The molecule has 1 aromatic carbocycles. The third-order valence-corrected chi connectivity index (χ3v) is 3.48. The van der Waals surface area contributed by atoms with E-state index in [2.05, 4.69) is 31.6 Å². The Labute approximate surface area is 130 Å². The molecule has 0 fully saturated rings. The Bertz CT molecular complexity index is 617. The second-order valence-electron chi connectivity index (χ2n) is 4.21. The van der Waals surface area contributed by atoms with Crippen molar-refractivity contribution in [3.63, 3.8) is 0 Å². The maximum atomic E-state index is 12.0. The number of aromatic nitrogens is 3. The highest BCUT2D eigenvalue weighted by molar-refractivity contribution is 9.10. The molecule has 0 bridgehead atoms. The smallest absolute Gasteiger partial charge is 0.334 e. The summed E-state index contributed by atoms with van der Waals surface area (Å²) in [5.41, 5.74) is 1.16. The molecule has 1 heterocycles. The van der Waals surface area contributed by atoms with Crippen LogP contribution in [0.1, 0.15) is 11.7 Å². The Hall–Kier alpha value is -1.93. The summed E-state index contributed by atoms with van der Waals surface area (Å²) in [5.74, 6) is -0.471. The third-order valence-electron chi connectivity index (χ3n) is 2.79. The van der Waals surface area contributed by atoms with Gasteiger partial charge in [0, 0.05) is 10.2 Å². The van der Waals surface area contributed by atoms with Crippen LogP contribution >= 0.6 is 15.9 Å². The van der Waals surface area contributed by atoms with E-state index in [0.29, 0.717) is 12.2 Å². The van der Waals surface area contributed by atoms with Gasteiger partial charge in [-0.15, -0.1) is 5.10 Å². The molecular weight excluding hydrogens is 340 g/mol. The van der Waals surface area contributed by atoms with E-state index in [0.717, 1.165) is 10.2 Å². The van der Waals surface area contributed by atoms with E-state index in [4.69, 9.17) is 9.84 Å². The van der Waals surface area contributed by atoms with Crippen LogP contribution in [0.2, 0.25) is 0 Å². The molecule has 0 amide bonds. The molecule has 0 aliphatic heterocycles. The Morgan fingerprint density at radius 2 is 2.29 bits per heavy atom. The molecule has 112 valence electrons. The van der Waals surface area contributed by atoms with Crippen LogP contribution in [-0.4, -0.2) is 39.8 Å². The molecule has 0 aliphatic rings. The highest BCUT2D eigenvalue weighted by atomic mass is 79.9. The van der Waals surface area contributed by atoms with Crippen LogP contribution in [0.5, 0.6) is 0 Å². The second kappa shape index (κ2) is 7.19. The van der Waals surface area contributed by atoms with Crippen molar-refractivity contribution in [2.24, 2.45) is 0 Å². The van der Waals surface area contributed by atoms with Gasteiger partial charge in [0.15, 0.2) is 6.04 Å². The standard InChI is InChI=1S/C13H15BrN4O3/c1-21-13(20)12(11-8-18(6-7-19)17-16-11)15-10-5-3-2-4-9(10)14/h2-5,8,12,15,19H,6-7H2,1H3. The maximum absolute atomic E-state index is 12.0. The van der Waals surface area contributed by atoms with Crippen molar-refractivity contribution in [3.05, 3.63) is 40.6 Å². The number of carbonyl (C=O) groups is 1. The molecule has 1 unspecified atom stereocenters. The van der Waals surface area contributed by atoms with Crippen molar-refractivity contribution in [2.45, 2.75) is 12.6 Å². The maximum Gasteiger partial charge on any atom is 0.334 e. The lowest BCUT2D eigenvalue weighted by Gasteiger charge is -2.16. The van der Waals surface area contributed by atoms with Crippen LogP contribution in [0.25, 0.3) is 0 Å². The predicted octanol–water partition coefficient (Wildman–Crippen LogP) is 1.36. The molecule has 0 saturated heterocycles. The minimum absolute atomic E-state index is 0.0522. The molecule has 7 nitrogen and oxygen atoms in total. The Balaban J connectivity index is 2.26. The first-order valence-corrected chi connectivity index (χ1v) is 7.04. The highest BCUT2D eigenvalue weighted by Gasteiger charge is 2.25. The van der Waals surface area contributed by atoms with E-state index in [1.165, 1.54) is 11.8 Å². The lowest BCUT2D eigenvalue weighted by Crippen LogP contribution is -2.23. The van der Waals surface area contributed by atoms with Gasteiger partial charge in [-0.2, -0.15) is 0 Å². The van der Waals surface area contributed by atoms with Gasteiger partial charge in [0.2, 0.25) is 0 Å². The molecule has 2 aromatic rings. The second-order valence-corrected chi connectivity index (χ2v) is 5.06. The number of hydrogen-bond acceptors (Lipinski definition) is 6. The van der Waals surface area contributed by atoms with Gasteiger partial charge in [-0.25, -0.2) is 9.48 Å². The largest absolute Gasteiger partial charge is 0.467 e. The number of rotatable bonds is 6. The van der Waals surface area contributed by atoms with Crippen LogP contribution in [-0.2, 0) is 16.1 Å². The number of aliphatic hydroxyl groups is 1. The number of anilines is 1. The quantitative estimate of drug-likeness (QED) is 0.761. The van der Waals surface area contributed by atoms with Gasteiger partial charge in [-0.05, 0) is 28.1 Å². The summed E-state index contributed by atoms with van der Waals surface area (Å²) >= 11 is 3.41. The number of halogens is 1. The number of aliphatic hydroxyl groups excluding tert-OH is 1. The zero-order valence-corrected chi connectivity index (χ0v) is 12.9. The first kappa shape index (κ1) is 15.5. The predicted molar refractivity (Wildman–Crippen MR) is 79.6 cm³/mol. The van der Waals surface area contributed by atoms with E-state index in [1.54, 1.807) is 6.20 Å². The summed E-state index contributed by atoms with van der Waals surface area (Å²) in [7, 11) is 1.31. The topological polar surface area (TPSA) is 89.3 Å². The van der Waals surface area contributed by atoms with Gasteiger partial charge in [0.1, 0.15) is 5.69 Å². The molecule has 0 aliphatic carbocycles. The molecule has 2 rings (SSSR count). The van der Waals surface area contributed by atoms with Gasteiger partial charge in [-0.3, -0.25) is 0 Å². The lowest BCUT2D eigenvalue weighted by molar-refractivity contribution is -0.141. The van der Waals surface area contributed by atoms with Crippen molar-refractivity contribution in [1.82, 2.24) is 15.0 Å². The fourth-order valence-corrected chi connectivity index (χ4v) is 2.16. The fourth-order valence-electron chi connectivity index (χ4n) is 1.76. The summed E-state index contributed by atoms with van der Waals surface area (Å²) in [5, 5.41) is 19.8. The zero-order chi connectivity index (χ0) is 15.2. The van der Waals surface area contributed by atoms with Crippen LogP contribution in [0, 0.1) is 0 Å². The van der Waals surface area contributed by atoms with Crippen molar-refractivity contribution >= 4 is 27.6 Å². The molecular formula is C13H15BrN4O3. The number of nitrogens with one attached hydrogen (secondary N) is 1. The normalized spacial score (nSPS) is 12.0. The first-order valence-electron chi connectivity index (χ1n) is 6.25. The monoisotopic (exact) mass is 354 g/mol. The third kappa shape index (κ3) is 3.79. The lowest BCUT2D eigenvalue weighted by atomic mass is 10.2. The first-order chi connectivity index (χ1) is 10.2. The van der Waals surface area contributed by atoms with E-state index in [1.807, 2.05) is 24.3 Å². The highest BCUT2D eigenvalue weighted by Crippen LogP contribution is 2.26. The average molecular weight is 355 g/mol. The molecule has 0 radical (unpaired) electrons. The van der Waals surface area contributed by atoms with Crippen LogP contribution < -0.4 is 5.32 Å². The molecule has 2 N–H and O–H groups in total. The van der Waals surface area contributed by atoms with Crippen LogP contribution in [0.3, 0.4) is 0 Å². The minimum Gasteiger partial charge on any atom is -0.467 e. The van der Waals surface area contributed by atoms with Gasteiger partial charge in [0.25, 0.3) is 0 Å². The molecule has 8 heteroatoms. The van der Waals surface area contributed by atoms with Crippen LogP contribution in [0.4, 0.5) is 5.69 Å². The molecule has 21 heavy (non-hydrogen) atoms. The van der Waals surface area contributed by atoms with Crippen LogP contribution in [0.15, 0.2) is 34.9 Å². The van der Waals surface area contributed by atoms with Crippen molar-refractivity contribution in [1.29, 1.82) is 0 Å². The molecule has 1 atom stereocenters.